The molecule has 14 heavy (non-hydrogen) atoms. The maximum Gasteiger partial charge on any atom is 0.244 e. The zero-order valence-corrected chi connectivity index (χ0v) is 7.95. The number of aliphatic hydroxyl groups is 1. The van der Waals surface area contributed by atoms with Crippen molar-refractivity contribution in [2.45, 2.75) is 25.4 Å². The summed E-state index contributed by atoms with van der Waals surface area (Å²) in [6.45, 7) is 1.38. The van der Waals surface area contributed by atoms with Crippen molar-refractivity contribution in [2.75, 3.05) is 0 Å². The number of rotatable bonds is 4. The molecule has 0 aliphatic heterocycles. The quantitative estimate of drug-likeness (QED) is 0.789. The minimum absolute atomic E-state index is 0.207. The molecule has 0 aliphatic carbocycles. The van der Waals surface area contributed by atoms with Crippen molar-refractivity contribution < 1.29 is 13.9 Å². The van der Waals surface area contributed by atoms with E-state index in [9.17, 15) is 13.9 Å². The van der Waals surface area contributed by atoms with Crippen LogP contribution in [0.2, 0.25) is 0 Å². The third-order valence-corrected chi connectivity index (χ3v) is 1.89. The van der Waals surface area contributed by atoms with Gasteiger partial charge in [0.05, 0.1) is 12.0 Å². The molecular formula is C11H13F2O. The highest BCUT2D eigenvalue weighted by Gasteiger charge is 2.25. The maximum atomic E-state index is 12.0. The van der Waals surface area contributed by atoms with Crippen molar-refractivity contribution in [1.82, 2.24) is 0 Å². The van der Waals surface area contributed by atoms with Gasteiger partial charge in [-0.1, -0.05) is 30.3 Å². The van der Waals surface area contributed by atoms with Crippen molar-refractivity contribution >= 4 is 0 Å². The lowest BCUT2D eigenvalue weighted by Gasteiger charge is -2.22. The lowest BCUT2D eigenvalue weighted by molar-refractivity contribution is 0.0491. The van der Waals surface area contributed by atoms with Gasteiger partial charge in [0.25, 0.3) is 0 Å². The van der Waals surface area contributed by atoms with Gasteiger partial charge in [0.2, 0.25) is 6.43 Å². The predicted octanol–water partition coefficient (Wildman–Crippen LogP) is 2.45. The average molecular weight is 199 g/mol. The summed E-state index contributed by atoms with van der Waals surface area (Å²) >= 11 is 0. The lowest BCUT2D eigenvalue weighted by atomic mass is 9.93. The summed E-state index contributed by atoms with van der Waals surface area (Å²) < 4.78 is 24.0. The van der Waals surface area contributed by atoms with E-state index in [2.05, 4.69) is 0 Å². The Hall–Kier alpha value is -0.960. The van der Waals surface area contributed by atoms with Crippen molar-refractivity contribution in [3.05, 3.63) is 42.3 Å². The molecule has 3 heteroatoms. The standard InChI is InChI=1S/C11H13F2O/c1-11(14,8-10(12)13)7-9-5-3-2-4-6-9/h2-6,8,10,14H,7H2,1H3. The molecule has 0 spiro atoms. The van der Waals surface area contributed by atoms with E-state index in [1.54, 1.807) is 12.1 Å². The summed E-state index contributed by atoms with van der Waals surface area (Å²) in [6, 6.07) is 9.07. The van der Waals surface area contributed by atoms with Crippen LogP contribution in [-0.2, 0) is 6.42 Å². The molecule has 0 heterocycles. The number of halogens is 2. The minimum Gasteiger partial charge on any atom is -0.389 e. The van der Waals surface area contributed by atoms with Gasteiger partial charge in [-0.25, -0.2) is 8.78 Å². The molecule has 0 aliphatic rings. The first-order valence-electron chi connectivity index (χ1n) is 4.40. The van der Waals surface area contributed by atoms with Crippen LogP contribution in [0, 0.1) is 6.42 Å². The zero-order valence-electron chi connectivity index (χ0n) is 7.95. The van der Waals surface area contributed by atoms with E-state index >= 15 is 0 Å². The molecule has 1 N–H and O–H groups in total. The molecule has 1 atom stereocenters. The summed E-state index contributed by atoms with van der Waals surface area (Å²) in [5.74, 6) is 0. The van der Waals surface area contributed by atoms with E-state index in [0.29, 0.717) is 6.42 Å². The molecule has 1 radical (unpaired) electrons. The topological polar surface area (TPSA) is 20.2 Å². The molecule has 0 aromatic heterocycles. The molecular weight excluding hydrogens is 186 g/mol. The summed E-state index contributed by atoms with van der Waals surface area (Å²) in [7, 11) is 0. The van der Waals surface area contributed by atoms with Crippen LogP contribution in [0.15, 0.2) is 30.3 Å². The Morgan fingerprint density at radius 1 is 1.36 bits per heavy atom. The molecule has 0 bridgehead atoms. The van der Waals surface area contributed by atoms with Crippen LogP contribution in [0.1, 0.15) is 12.5 Å². The molecule has 0 amide bonds. The Kier molecular flexibility index (Phi) is 3.58. The van der Waals surface area contributed by atoms with Gasteiger partial charge < -0.3 is 5.11 Å². The predicted molar refractivity (Wildman–Crippen MR) is 51.1 cm³/mol. The number of hydrogen-bond donors (Lipinski definition) is 1. The van der Waals surface area contributed by atoms with E-state index in [0.717, 1.165) is 5.56 Å². The molecule has 1 unspecified atom stereocenters. The van der Waals surface area contributed by atoms with Crippen LogP contribution < -0.4 is 0 Å². The van der Waals surface area contributed by atoms with E-state index < -0.39 is 12.0 Å². The molecule has 1 aromatic rings. The van der Waals surface area contributed by atoms with Crippen molar-refractivity contribution in [1.29, 1.82) is 0 Å². The molecule has 0 fully saturated rings. The molecule has 77 valence electrons. The van der Waals surface area contributed by atoms with Crippen molar-refractivity contribution in [2.24, 2.45) is 0 Å². The summed E-state index contributed by atoms with van der Waals surface area (Å²) in [5, 5.41) is 9.60. The SMILES string of the molecule is CC(O)([CH]C(F)F)Cc1ccccc1. The Morgan fingerprint density at radius 2 is 1.93 bits per heavy atom. The Balaban J connectivity index is 2.59. The largest absolute Gasteiger partial charge is 0.389 e. The van der Waals surface area contributed by atoms with Crippen LogP contribution in [-0.4, -0.2) is 17.1 Å². The fourth-order valence-corrected chi connectivity index (χ4v) is 1.34. The van der Waals surface area contributed by atoms with Gasteiger partial charge >= 0.3 is 0 Å². The van der Waals surface area contributed by atoms with Gasteiger partial charge in [-0.05, 0) is 12.5 Å². The highest BCUT2D eigenvalue weighted by Crippen LogP contribution is 2.19. The molecule has 1 rings (SSSR count). The highest BCUT2D eigenvalue weighted by molar-refractivity contribution is 5.18. The number of benzene rings is 1. The second kappa shape index (κ2) is 4.51. The van der Waals surface area contributed by atoms with Crippen LogP contribution in [0.5, 0.6) is 0 Å². The third kappa shape index (κ3) is 3.83. The first kappa shape index (κ1) is 11.1. The molecule has 1 nitrogen and oxygen atoms in total. The molecule has 1 aromatic carbocycles. The first-order chi connectivity index (χ1) is 6.49. The van der Waals surface area contributed by atoms with E-state index in [1.807, 2.05) is 18.2 Å². The average Bonchev–Trinajstić information content (AvgIpc) is 2.02. The van der Waals surface area contributed by atoms with Crippen LogP contribution in [0.4, 0.5) is 8.78 Å². The van der Waals surface area contributed by atoms with Gasteiger partial charge in [0, 0.05) is 6.42 Å². The van der Waals surface area contributed by atoms with Gasteiger partial charge in [-0.15, -0.1) is 0 Å². The van der Waals surface area contributed by atoms with Gasteiger partial charge in [-0.3, -0.25) is 0 Å². The van der Waals surface area contributed by atoms with Gasteiger partial charge in [0.1, 0.15) is 0 Å². The third-order valence-electron chi connectivity index (χ3n) is 1.89. The number of hydrogen-bond acceptors (Lipinski definition) is 1. The second-order valence-corrected chi connectivity index (χ2v) is 3.52. The fraction of sp³-hybridized carbons (Fsp3) is 0.364. The Labute approximate surface area is 82.4 Å². The van der Waals surface area contributed by atoms with Crippen molar-refractivity contribution in [3.8, 4) is 0 Å². The van der Waals surface area contributed by atoms with Crippen LogP contribution in [0.3, 0.4) is 0 Å². The van der Waals surface area contributed by atoms with Gasteiger partial charge in [0.15, 0.2) is 0 Å². The van der Waals surface area contributed by atoms with E-state index in [4.69, 9.17) is 0 Å². The summed E-state index contributed by atoms with van der Waals surface area (Å²) in [5.41, 5.74) is -0.607. The summed E-state index contributed by atoms with van der Waals surface area (Å²) in [4.78, 5) is 0. The van der Waals surface area contributed by atoms with E-state index in [-0.39, 0.29) is 6.42 Å². The van der Waals surface area contributed by atoms with Crippen LogP contribution in [0.25, 0.3) is 0 Å². The van der Waals surface area contributed by atoms with Gasteiger partial charge in [-0.2, -0.15) is 0 Å². The minimum atomic E-state index is -2.59. The van der Waals surface area contributed by atoms with E-state index in [1.165, 1.54) is 6.92 Å². The summed E-state index contributed by atoms with van der Waals surface area (Å²) in [6.07, 6.45) is -1.73. The monoisotopic (exact) mass is 199 g/mol. The smallest absolute Gasteiger partial charge is 0.244 e. The normalized spacial score (nSPS) is 15.5. The maximum absolute atomic E-state index is 12.0. The first-order valence-corrected chi connectivity index (χ1v) is 4.40. The Bertz CT molecular complexity index is 270. The molecule has 0 saturated heterocycles. The fourth-order valence-electron chi connectivity index (χ4n) is 1.34. The van der Waals surface area contributed by atoms with Crippen molar-refractivity contribution in [3.63, 3.8) is 0 Å². The number of alkyl halides is 2. The lowest BCUT2D eigenvalue weighted by Crippen LogP contribution is -2.30. The van der Waals surface area contributed by atoms with Crippen LogP contribution >= 0.6 is 0 Å². The molecule has 0 saturated carbocycles. The second-order valence-electron chi connectivity index (χ2n) is 3.52. The Morgan fingerprint density at radius 3 is 2.43 bits per heavy atom. The highest BCUT2D eigenvalue weighted by atomic mass is 19.3. The zero-order chi connectivity index (χ0) is 10.6.